The topological polar surface area (TPSA) is 8.17 Å². The summed E-state index contributed by atoms with van der Waals surface area (Å²) in [6.45, 7) is 1.48. The lowest BCUT2D eigenvalue weighted by molar-refractivity contribution is 0.359. The van der Waals surface area contributed by atoms with Crippen molar-refractivity contribution >= 4 is 11.6 Å². The van der Waals surface area contributed by atoms with Crippen molar-refractivity contribution in [3.05, 3.63) is 23.0 Å². The van der Waals surface area contributed by atoms with Crippen LogP contribution in [0.1, 0.15) is 5.69 Å². The van der Waals surface area contributed by atoms with Crippen molar-refractivity contribution in [2.75, 3.05) is 13.6 Å². The molecule has 2 nitrogen and oxygen atoms in total. The first kappa shape index (κ1) is 10.2. The highest BCUT2D eigenvalue weighted by atomic mass is 35.5. The van der Waals surface area contributed by atoms with Crippen LogP contribution in [0.2, 0.25) is 5.02 Å². The van der Waals surface area contributed by atoms with Crippen LogP contribution >= 0.6 is 11.6 Å². The molecule has 0 aliphatic rings. The minimum Gasteiger partial charge on any atom is -0.352 e. The van der Waals surface area contributed by atoms with Gasteiger partial charge in [-0.1, -0.05) is 17.5 Å². The van der Waals surface area contributed by atoms with Crippen molar-refractivity contribution in [3.8, 4) is 12.3 Å². The second-order valence-corrected chi connectivity index (χ2v) is 3.57. The molecule has 0 radical (unpaired) electrons. The van der Waals surface area contributed by atoms with Crippen LogP contribution in [-0.2, 0) is 13.6 Å². The number of hydrogen-bond acceptors (Lipinski definition) is 1. The van der Waals surface area contributed by atoms with Crippen LogP contribution in [0.4, 0.5) is 0 Å². The molecule has 0 N–H and O–H groups in total. The fourth-order valence-corrected chi connectivity index (χ4v) is 1.48. The molecule has 1 rings (SSSR count). The van der Waals surface area contributed by atoms with Gasteiger partial charge in [-0.05, 0) is 13.1 Å². The van der Waals surface area contributed by atoms with Crippen LogP contribution in [0.3, 0.4) is 0 Å². The van der Waals surface area contributed by atoms with Crippen LogP contribution in [0.5, 0.6) is 0 Å². The van der Waals surface area contributed by atoms with Gasteiger partial charge in [-0.2, -0.15) is 0 Å². The van der Waals surface area contributed by atoms with Gasteiger partial charge >= 0.3 is 0 Å². The maximum absolute atomic E-state index is 5.85. The van der Waals surface area contributed by atoms with Crippen molar-refractivity contribution < 1.29 is 0 Å². The molecule has 0 atom stereocenters. The summed E-state index contributed by atoms with van der Waals surface area (Å²) in [5.74, 6) is 2.60. The summed E-state index contributed by atoms with van der Waals surface area (Å²) in [6, 6.07) is 1.95. The smallest absolute Gasteiger partial charge is 0.0599 e. The molecule has 0 aromatic carbocycles. The average molecular weight is 197 g/mol. The van der Waals surface area contributed by atoms with E-state index in [0.29, 0.717) is 6.54 Å². The molecule has 0 unspecified atom stereocenters. The first-order chi connectivity index (χ1) is 6.13. The van der Waals surface area contributed by atoms with E-state index in [-0.39, 0.29) is 0 Å². The fourth-order valence-electron chi connectivity index (χ4n) is 1.21. The molecule has 0 fully saturated rings. The molecule has 0 aliphatic carbocycles. The number of aryl methyl sites for hydroxylation is 1. The summed E-state index contributed by atoms with van der Waals surface area (Å²) in [4.78, 5) is 2.06. The Labute approximate surface area is 84.1 Å². The standard InChI is InChI=1S/C10H13ClN2/c1-4-5-12(2)8-10-6-9(11)7-13(10)3/h1,6-7H,5,8H2,2-3H3. The number of aromatic nitrogens is 1. The van der Waals surface area contributed by atoms with E-state index in [2.05, 4.69) is 10.8 Å². The van der Waals surface area contributed by atoms with E-state index in [4.69, 9.17) is 18.0 Å². The molecular weight excluding hydrogens is 184 g/mol. The van der Waals surface area contributed by atoms with E-state index < -0.39 is 0 Å². The zero-order valence-electron chi connectivity index (χ0n) is 7.92. The van der Waals surface area contributed by atoms with E-state index in [1.165, 1.54) is 5.69 Å². The highest BCUT2D eigenvalue weighted by Gasteiger charge is 2.03. The molecule has 0 amide bonds. The van der Waals surface area contributed by atoms with Crippen LogP contribution in [-0.4, -0.2) is 23.1 Å². The van der Waals surface area contributed by atoms with Gasteiger partial charge in [0, 0.05) is 25.5 Å². The Bertz CT molecular complexity index is 322. The van der Waals surface area contributed by atoms with E-state index in [9.17, 15) is 0 Å². The molecule has 1 heterocycles. The van der Waals surface area contributed by atoms with Gasteiger partial charge in [-0.25, -0.2) is 0 Å². The van der Waals surface area contributed by atoms with Crippen molar-refractivity contribution in [2.45, 2.75) is 6.54 Å². The Morgan fingerprint density at radius 3 is 2.85 bits per heavy atom. The molecule has 13 heavy (non-hydrogen) atoms. The number of halogens is 1. The summed E-state index contributed by atoms with van der Waals surface area (Å²) in [5.41, 5.74) is 1.17. The van der Waals surface area contributed by atoms with Gasteiger partial charge in [0.2, 0.25) is 0 Å². The molecule has 70 valence electrons. The monoisotopic (exact) mass is 196 g/mol. The number of hydrogen-bond donors (Lipinski definition) is 0. The highest BCUT2D eigenvalue weighted by molar-refractivity contribution is 6.30. The lowest BCUT2D eigenvalue weighted by Gasteiger charge is -2.13. The zero-order valence-corrected chi connectivity index (χ0v) is 8.67. The number of terminal acetylenes is 1. The maximum atomic E-state index is 5.85. The van der Waals surface area contributed by atoms with Gasteiger partial charge in [0.1, 0.15) is 0 Å². The number of nitrogens with zero attached hydrogens (tertiary/aromatic N) is 2. The molecule has 1 aromatic rings. The second-order valence-electron chi connectivity index (χ2n) is 3.14. The van der Waals surface area contributed by atoms with Gasteiger partial charge in [0.25, 0.3) is 0 Å². The van der Waals surface area contributed by atoms with Crippen LogP contribution in [0.25, 0.3) is 0 Å². The van der Waals surface area contributed by atoms with Crippen molar-refractivity contribution in [3.63, 3.8) is 0 Å². The molecule has 3 heteroatoms. The Hall–Kier alpha value is -0.910. The van der Waals surface area contributed by atoms with E-state index in [0.717, 1.165) is 11.6 Å². The predicted molar refractivity (Wildman–Crippen MR) is 55.6 cm³/mol. The molecule has 0 saturated heterocycles. The molecule has 0 saturated carbocycles. The first-order valence-electron chi connectivity index (χ1n) is 4.06. The van der Waals surface area contributed by atoms with Gasteiger partial charge in [-0.3, -0.25) is 4.90 Å². The fraction of sp³-hybridized carbons (Fsp3) is 0.400. The SMILES string of the molecule is C#CCN(C)Cc1cc(Cl)cn1C. The summed E-state index contributed by atoms with van der Waals surface area (Å²) in [5, 5.41) is 0.770. The van der Waals surface area contributed by atoms with Crippen molar-refractivity contribution in [2.24, 2.45) is 7.05 Å². The predicted octanol–water partition coefficient (Wildman–Crippen LogP) is 1.74. The largest absolute Gasteiger partial charge is 0.352 e. The molecule has 0 bridgehead atoms. The highest BCUT2D eigenvalue weighted by Crippen LogP contribution is 2.13. The Morgan fingerprint density at radius 2 is 2.38 bits per heavy atom. The van der Waals surface area contributed by atoms with Crippen molar-refractivity contribution in [1.29, 1.82) is 0 Å². The van der Waals surface area contributed by atoms with E-state index >= 15 is 0 Å². The number of rotatable bonds is 3. The summed E-state index contributed by atoms with van der Waals surface area (Å²) in [7, 11) is 3.96. The van der Waals surface area contributed by atoms with Gasteiger partial charge in [0.15, 0.2) is 0 Å². The molecular formula is C10H13ClN2. The van der Waals surface area contributed by atoms with E-state index in [1.807, 2.05) is 30.9 Å². The van der Waals surface area contributed by atoms with Gasteiger partial charge in [-0.15, -0.1) is 6.42 Å². The quantitative estimate of drug-likeness (QED) is 0.669. The second kappa shape index (κ2) is 4.36. The Morgan fingerprint density at radius 1 is 1.69 bits per heavy atom. The van der Waals surface area contributed by atoms with Crippen LogP contribution < -0.4 is 0 Å². The Balaban J connectivity index is 2.64. The normalized spacial score (nSPS) is 10.4. The minimum absolute atomic E-state index is 0.656. The summed E-state index contributed by atoms with van der Waals surface area (Å²) >= 11 is 5.85. The van der Waals surface area contributed by atoms with Gasteiger partial charge in [0.05, 0.1) is 11.6 Å². The first-order valence-corrected chi connectivity index (χ1v) is 4.44. The average Bonchev–Trinajstić information content (AvgIpc) is 2.30. The van der Waals surface area contributed by atoms with Crippen LogP contribution in [0, 0.1) is 12.3 Å². The zero-order chi connectivity index (χ0) is 9.84. The lowest BCUT2D eigenvalue weighted by atomic mass is 10.4. The van der Waals surface area contributed by atoms with Crippen LogP contribution in [0.15, 0.2) is 12.3 Å². The van der Waals surface area contributed by atoms with E-state index in [1.54, 1.807) is 0 Å². The Kier molecular flexibility index (Phi) is 3.41. The molecule has 1 aromatic heterocycles. The third-order valence-electron chi connectivity index (χ3n) is 1.87. The summed E-state index contributed by atoms with van der Waals surface area (Å²) < 4.78 is 2.01. The van der Waals surface area contributed by atoms with Crippen molar-refractivity contribution in [1.82, 2.24) is 9.47 Å². The van der Waals surface area contributed by atoms with Gasteiger partial charge < -0.3 is 4.57 Å². The third-order valence-corrected chi connectivity index (χ3v) is 2.07. The maximum Gasteiger partial charge on any atom is 0.0599 e. The molecule has 0 aliphatic heterocycles. The molecule has 0 spiro atoms. The third kappa shape index (κ3) is 2.80. The summed E-state index contributed by atoms with van der Waals surface area (Å²) in [6.07, 6.45) is 7.09. The lowest BCUT2D eigenvalue weighted by Crippen LogP contribution is -2.19. The minimum atomic E-state index is 0.656.